The van der Waals surface area contributed by atoms with Gasteiger partial charge in [0, 0.05) is 10.9 Å². The zero-order valence-corrected chi connectivity index (χ0v) is 13.7. The van der Waals surface area contributed by atoms with E-state index in [4.69, 9.17) is 22.2 Å². The van der Waals surface area contributed by atoms with Crippen molar-refractivity contribution in [3.05, 3.63) is 34.3 Å². The Hall–Kier alpha value is -0.610. The van der Waals surface area contributed by atoms with Gasteiger partial charge in [-0.25, -0.2) is 0 Å². The average molecular weight is 297 g/mol. The Balaban J connectivity index is 2.40. The van der Waals surface area contributed by atoms with Crippen molar-refractivity contribution in [1.29, 1.82) is 0 Å². The van der Waals surface area contributed by atoms with E-state index in [1.807, 2.05) is 19.1 Å². The predicted molar refractivity (Wildman–Crippen MR) is 83.6 cm³/mol. The number of hydrogen-bond acceptors (Lipinski definition) is 3. The molecule has 20 heavy (non-hydrogen) atoms. The first kappa shape index (κ1) is 15.8. The van der Waals surface area contributed by atoms with Gasteiger partial charge in [0.1, 0.15) is 0 Å². The van der Waals surface area contributed by atoms with Crippen LogP contribution in [0.3, 0.4) is 0 Å². The summed E-state index contributed by atoms with van der Waals surface area (Å²) in [4.78, 5) is 0. The van der Waals surface area contributed by atoms with Crippen molar-refractivity contribution in [3.8, 4) is 0 Å². The van der Waals surface area contributed by atoms with Crippen LogP contribution in [0.2, 0.25) is 5.02 Å². The molecule has 2 unspecified atom stereocenters. The summed E-state index contributed by atoms with van der Waals surface area (Å²) in [7, 11) is 0. The van der Waals surface area contributed by atoms with Gasteiger partial charge in [-0.05, 0) is 58.2 Å². The highest BCUT2D eigenvalue weighted by molar-refractivity contribution is 6.31. The second kappa shape index (κ2) is 5.30. The first-order valence-corrected chi connectivity index (χ1v) is 7.47. The average Bonchev–Trinajstić information content (AvgIpc) is 2.54. The molecule has 0 radical (unpaired) electrons. The van der Waals surface area contributed by atoms with Crippen LogP contribution in [0.25, 0.3) is 0 Å². The summed E-state index contributed by atoms with van der Waals surface area (Å²) in [5.41, 5.74) is 4.86. The summed E-state index contributed by atoms with van der Waals surface area (Å²) >= 11 is 6.25. The maximum atomic E-state index is 6.25. The molecule has 0 bridgehead atoms. The molecular formula is C16H25ClN2O. The van der Waals surface area contributed by atoms with E-state index in [2.05, 4.69) is 39.2 Å². The highest BCUT2D eigenvalue weighted by Crippen LogP contribution is 2.48. The number of nitrogens with two attached hydrogens (primary N) is 1. The van der Waals surface area contributed by atoms with E-state index in [0.29, 0.717) is 5.92 Å². The van der Waals surface area contributed by atoms with E-state index in [-0.39, 0.29) is 17.2 Å². The Kier molecular flexibility index (Phi) is 4.18. The first-order chi connectivity index (χ1) is 9.18. The highest BCUT2D eigenvalue weighted by Gasteiger charge is 2.49. The summed E-state index contributed by atoms with van der Waals surface area (Å²) < 4.78 is 6.19. The molecule has 0 amide bonds. The fourth-order valence-electron chi connectivity index (χ4n) is 3.51. The number of hydrogen-bond donors (Lipinski definition) is 2. The normalized spacial score (nSPS) is 25.6. The van der Waals surface area contributed by atoms with Crippen LogP contribution in [0.1, 0.15) is 51.3 Å². The van der Waals surface area contributed by atoms with Gasteiger partial charge >= 0.3 is 0 Å². The molecule has 3 N–H and O–H groups in total. The standard InChI is InChI=1S/C16H25ClN2O/c1-10-11(7-6-8-13(10)17)14(19-18)12-9-15(2,3)20-16(12,4)5/h6-8,12,14,19H,9,18H2,1-5H3. The molecule has 1 aromatic carbocycles. The van der Waals surface area contributed by atoms with E-state index in [1.54, 1.807) is 0 Å². The summed E-state index contributed by atoms with van der Waals surface area (Å²) in [6.07, 6.45) is 0.959. The molecule has 1 aromatic rings. The maximum absolute atomic E-state index is 6.25. The number of hydrazine groups is 1. The molecule has 2 rings (SSSR count). The highest BCUT2D eigenvalue weighted by atomic mass is 35.5. The molecule has 4 heteroatoms. The molecule has 0 spiro atoms. The molecule has 1 aliphatic heterocycles. The third kappa shape index (κ3) is 2.86. The second-order valence-electron chi connectivity index (χ2n) is 6.87. The van der Waals surface area contributed by atoms with Crippen molar-refractivity contribution in [3.63, 3.8) is 0 Å². The lowest BCUT2D eigenvalue weighted by molar-refractivity contribution is -0.0779. The third-order valence-corrected chi connectivity index (χ3v) is 4.78. The van der Waals surface area contributed by atoms with E-state index in [0.717, 1.165) is 22.6 Å². The molecule has 1 fully saturated rings. The lowest BCUT2D eigenvalue weighted by Crippen LogP contribution is -2.41. The summed E-state index contributed by atoms with van der Waals surface area (Å²) in [5.74, 6) is 6.16. The summed E-state index contributed by atoms with van der Waals surface area (Å²) in [5, 5.41) is 0.777. The van der Waals surface area contributed by atoms with Gasteiger partial charge in [-0.15, -0.1) is 0 Å². The molecule has 112 valence electrons. The molecular weight excluding hydrogens is 272 g/mol. The molecule has 3 nitrogen and oxygen atoms in total. The van der Waals surface area contributed by atoms with Crippen molar-refractivity contribution in [1.82, 2.24) is 5.43 Å². The number of benzene rings is 1. The number of halogens is 1. The topological polar surface area (TPSA) is 47.3 Å². The van der Waals surface area contributed by atoms with Gasteiger partial charge in [0.2, 0.25) is 0 Å². The summed E-state index contributed by atoms with van der Waals surface area (Å²) in [6, 6.07) is 6.01. The van der Waals surface area contributed by atoms with Crippen LogP contribution < -0.4 is 11.3 Å². The Morgan fingerprint density at radius 3 is 2.50 bits per heavy atom. The quantitative estimate of drug-likeness (QED) is 0.660. The number of ether oxygens (including phenoxy) is 1. The van der Waals surface area contributed by atoms with Crippen molar-refractivity contribution in [2.24, 2.45) is 11.8 Å². The number of rotatable bonds is 3. The largest absolute Gasteiger partial charge is 0.369 e. The maximum Gasteiger partial charge on any atom is 0.0681 e. The monoisotopic (exact) mass is 296 g/mol. The van der Waals surface area contributed by atoms with Crippen LogP contribution in [0, 0.1) is 12.8 Å². The van der Waals surface area contributed by atoms with Gasteiger partial charge < -0.3 is 4.74 Å². The second-order valence-corrected chi connectivity index (χ2v) is 7.28. The van der Waals surface area contributed by atoms with Crippen LogP contribution in [-0.2, 0) is 4.74 Å². The lowest BCUT2D eigenvalue weighted by Gasteiger charge is -2.33. The van der Waals surface area contributed by atoms with Crippen molar-refractivity contribution in [2.45, 2.75) is 58.3 Å². The smallest absolute Gasteiger partial charge is 0.0681 e. The fourth-order valence-corrected chi connectivity index (χ4v) is 3.69. The minimum atomic E-state index is -0.227. The molecule has 1 heterocycles. The first-order valence-electron chi connectivity index (χ1n) is 7.09. The van der Waals surface area contributed by atoms with Gasteiger partial charge in [0.25, 0.3) is 0 Å². The SMILES string of the molecule is Cc1c(Cl)cccc1C(NN)C1CC(C)(C)OC1(C)C. The Bertz CT molecular complexity index is 499. The Morgan fingerprint density at radius 1 is 1.35 bits per heavy atom. The van der Waals surface area contributed by atoms with Gasteiger partial charge in [0.15, 0.2) is 0 Å². The van der Waals surface area contributed by atoms with Crippen molar-refractivity contribution in [2.75, 3.05) is 0 Å². The molecule has 0 aliphatic carbocycles. The van der Waals surface area contributed by atoms with Crippen LogP contribution in [0.15, 0.2) is 18.2 Å². The lowest BCUT2D eigenvalue weighted by atomic mass is 9.78. The van der Waals surface area contributed by atoms with Crippen molar-refractivity contribution >= 4 is 11.6 Å². The van der Waals surface area contributed by atoms with E-state index in [9.17, 15) is 0 Å². The Morgan fingerprint density at radius 2 is 2.00 bits per heavy atom. The molecule has 1 aliphatic rings. The zero-order chi connectivity index (χ0) is 15.1. The van der Waals surface area contributed by atoms with Crippen LogP contribution in [-0.4, -0.2) is 11.2 Å². The minimum absolute atomic E-state index is 0.0328. The molecule has 2 atom stereocenters. The van der Waals surface area contributed by atoms with E-state index < -0.39 is 0 Å². The molecule has 0 saturated carbocycles. The zero-order valence-electron chi connectivity index (χ0n) is 13.0. The predicted octanol–water partition coefficient (Wildman–Crippen LogP) is 3.75. The van der Waals surface area contributed by atoms with Gasteiger partial charge in [-0.1, -0.05) is 23.7 Å². The fraction of sp³-hybridized carbons (Fsp3) is 0.625. The van der Waals surface area contributed by atoms with E-state index >= 15 is 0 Å². The molecule has 1 saturated heterocycles. The van der Waals surface area contributed by atoms with Crippen LogP contribution in [0.5, 0.6) is 0 Å². The van der Waals surface area contributed by atoms with Crippen LogP contribution in [0.4, 0.5) is 0 Å². The number of nitrogens with one attached hydrogen (secondary N) is 1. The minimum Gasteiger partial charge on any atom is -0.369 e. The van der Waals surface area contributed by atoms with Gasteiger partial charge in [-0.2, -0.15) is 0 Å². The summed E-state index contributed by atoms with van der Waals surface area (Å²) in [6.45, 7) is 10.6. The molecule has 0 aromatic heterocycles. The van der Waals surface area contributed by atoms with Gasteiger partial charge in [0.05, 0.1) is 17.2 Å². The van der Waals surface area contributed by atoms with E-state index in [1.165, 1.54) is 0 Å². The van der Waals surface area contributed by atoms with Gasteiger partial charge in [-0.3, -0.25) is 11.3 Å². The third-order valence-electron chi connectivity index (χ3n) is 4.37. The van der Waals surface area contributed by atoms with Crippen molar-refractivity contribution < 1.29 is 4.74 Å². The Labute approximate surface area is 126 Å². The van der Waals surface area contributed by atoms with Crippen LogP contribution >= 0.6 is 11.6 Å².